The first-order chi connectivity index (χ1) is 9.28. The molecule has 1 aromatic carbocycles. The zero-order valence-electron chi connectivity index (χ0n) is 10.1. The molecule has 0 unspecified atom stereocenters. The number of nitrogens with one attached hydrogen (secondary N) is 1. The lowest BCUT2D eigenvalue weighted by atomic mass is 10.2. The number of rotatable bonds is 5. The van der Waals surface area contributed by atoms with Gasteiger partial charge in [0.05, 0.1) is 0 Å². The largest absolute Gasteiger partial charge is 0.405 e. The maximum atomic E-state index is 11.8. The summed E-state index contributed by atoms with van der Waals surface area (Å²) in [6.07, 6.45) is -4.47. The third-order valence-corrected chi connectivity index (χ3v) is 2.24. The summed E-state index contributed by atoms with van der Waals surface area (Å²) in [4.78, 5) is 15.5. The van der Waals surface area contributed by atoms with E-state index in [4.69, 9.17) is 17.3 Å². The maximum absolute atomic E-state index is 11.8. The lowest BCUT2D eigenvalue weighted by Crippen LogP contribution is -2.35. The number of oxime groups is 1. The van der Waals surface area contributed by atoms with E-state index in [-0.39, 0.29) is 5.84 Å². The molecule has 20 heavy (non-hydrogen) atoms. The monoisotopic (exact) mass is 309 g/mol. The maximum Gasteiger partial charge on any atom is 0.405 e. The highest BCUT2D eigenvalue weighted by Gasteiger charge is 2.27. The molecule has 0 spiro atoms. The minimum absolute atomic E-state index is 0.0229. The van der Waals surface area contributed by atoms with E-state index in [0.717, 1.165) is 0 Å². The second kappa shape index (κ2) is 6.99. The molecule has 5 nitrogen and oxygen atoms in total. The predicted molar refractivity (Wildman–Crippen MR) is 67.2 cm³/mol. The average Bonchev–Trinajstić information content (AvgIpc) is 2.36. The van der Waals surface area contributed by atoms with Crippen molar-refractivity contribution in [2.45, 2.75) is 6.18 Å². The highest BCUT2D eigenvalue weighted by Crippen LogP contribution is 2.12. The summed E-state index contributed by atoms with van der Waals surface area (Å²) >= 11 is 5.68. The number of nitrogens with zero attached hydrogens (tertiary/aromatic N) is 1. The Kier molecular flexibility index (Phi) is 5.63. The summed E-state index contributed by atoms with van der Waals surface area (Å²) in [7, 11) is 0. The number of hydrogen-bond acceptors (Lipinski definition) is 3. The van der Waals surface area contributed by atoms with Gasteiger partial charge >= 0.3 is 6.18 Å². The van der Waals surface area contributed by atoms with E-state index >= 15 is 0 Å². The summed E-state index contributed by atoms with van der Waals surface area (Å²) in [5, 5.41) is 5.55. The molecule has 3 N–H and O–H groups in total. The van der Waals surface area contributed by atoms with Gasteiger partial charge in [0.15, 0.2) is 12.4 Å². The quantitative estimate of drug-likeness (QED) is 0.493. The number of alkyl halides is 3. The molecule has 0 bridgehead atoms. The van der Waals surface area contributed by atoms with Crippen LogP contribution in [0.2, 0.25) is 5.02 Å². The molecule has 0 radical (unpaired) electrons. The number of amidine groups is 1. The first-order valence-corrected chi connectivity index (χ1v) is 5.70. The number of amides is 1. The standard InChI is InChI=1S/C11H11ClF3N3O2/c12-8-3-1-7(2-4-8)10(16)18-20-5-9(19)17-6-11(13,14)15/h1-4H,5-6H2,(H2,16,18)(H,17,19). The third kappa shape index (κ3) is 6.28. The number of carbonyl (C=O) groups excluding carboxylic acids is 1. The first kappa shape index (κ1) is 16.1. The molecule has 0 heterocycles. The average molecular weight is 310 g/mol. The fourth-order valence-electron chi connectivity index (χ4n) is 1.08. The van der Waals surface area contributed by atoms with Crippen molar-refractivity contribution in [1.82, 2.24) is 5.32 Å². The highest BCUT2D eigenvalue weighted by atomic mass is 35.5. The van der Waals surface area contributed by atoms with Crippen LogP contribution in [0.4, 0.5) is 13.2 Å². The Morgan fingerprint density at radius 1 is 1.35 bits per heavy atom. The van der Waals surface area contributed by atoms with Gasteiger partial charge in [0.1, 0.15) is 6.54 Å². The molecule has 0 atom stereocenters. The first-order valence-electron chi connectivity index (χ1n) is 5.33. The van der Waals surface area contributed by atoms with Gasteiger partial charge in [0.2, 0.25) is 0 Å². The number of hydrogen-bond donors (Lipinski definition) is 2. The van der Waals surface area contributed by atoms with Gasteiger partial charge < -0.3 is 15.9 Å². The van der Waals surface area contributed by atoms with Gasteiger partial charge in [-0.1, -0.05) is 16.8 Å². The van der Waals surface area contributed by atoms with Crippen LogP contribution in [0.3, 0.4) is 0 Å². The lowest BCUT2D eigenvalue weighted by molar-refractivity contribution is -0.141. The van der Waals surface area contributed by atoms with Gasteiger partial charge in [-0.2, -0.15) is 13.2 Å². The molecule has 9 heteroatoms. The van der Waals surface area contributed by atoms with Crippen LogP contribution in [-0.4, -0.2) is 31.1 Å². The van der Waals surface area contributed by atoms with Crippen molar-refractivity contribution in [1.29, 1.82) is 0 Å². The Balaban J connectivity index is 2.40. The van der Waals surface area contributed by atoms with E-state index in [0.29, 0.717) is 10.6 Å². The molecule has 1 amide bonds. The van der Waals surface area contributed by atoms with Crippen molar-refractivity contribution < 1.29 is 22.8 Å². The molecule has 1 rings (SSSR count). The van der Waals surface area contributed by atoms with Gasteiger partial charge in [-0.15, -0.1) is 0 Å². The molecule has 110 valence electrons. The van der Waals surface area contributed by atoms with Gasteiger partial charge in [-0.05, 0) is 24.3 Å². The topological polar surface area (TPSA) is 76.7 Å². The number of benzene rings is 1. The summed E-state index contributed by atoms with van der Waals surface area (Å²) in [5.41, 5.74) is 6.05. The Hall–Kier alpha value is -1.96. The fourth-order valence-corrected chi connectivity index (χ4v) is 1.21. The molecule has 0 aliphatic heterocycles. The van der Waals surface area contributed by atoms with Crippen LogP contribution in [0.15, 0.2) is 29.4 Å². The predicted octanol–water partition coefficient (Wildman–Crippen LogP) is 1.66. The van der Waals surface area contributed by atoms with Crippen molar-refractivity contribution in [3.8, 4) is 0 Å². The van der Waals surface area contributed by atoms with Crippen LogP contribution in [0.25, 0.3) is 0 Å². The van der Waals surface area contributed by atoms with Gasteiger partial charge in [-0.25, -0.2) is 0 Å². The summed E-state index contributed by atoms with van der Waals surface area (Å²) < 4.78 is 35.4. The smallest absolute Gasteiger partial charge is 0.384 e. The number of nitrogens with two attached hydrogens (primary N) is 1. The van der Waals surface area contributed by atoms with Crippen LogP contribution in [-0.2, 0) is 9.63 Å². The van der Waals surface area contributed by atoms with E-state index in [1.807, 2.05) is 0 Å². The normalized spacial score (nSPS) is 12.1. The number of halogens is 4. The Morgan fingerprint density at radius 2 is 1.95 bits per heavy atom. The van der Waals surface area contributed by atoms with Gasteiger partial charge in [0.25, 0.3) is 5.91 Å². The van der Waals surface area contributed by atoms with Crippen molar-refractivity contribution >= 4 is 23.3 Å². The molecule has 0 saturated heterocycles. The minimum atomic E-state index is -4.47. The van der Waals surface area contributed by atoms with Crippen molar-refractivity contribution in [3.63, 3.8) is 0 Å². The van der Waals surface area contributed by atoms with Gasteiger partial charge in [-0.3, -0.25) is 4.79 Å². The van der Waals surface area contributed by atoms with E-state index in [1.54, 1.807) is 29.6 Å². The third-order valence-electron chi connectivity index (χ3n) is 1.98. The van der Waals surface area contributed by atoms with E-state index in [9.17, 15) is 18.0 Å². The van der Waals surface area contributed by atoms with Crippen LogP contribution in [0, 0.1) is 0 Å². The minimum Gasteiger partial charge on any atom is -0.384 e. The highest BCUT2D eigenvalue weighted by molar-refractivity contribution is 6.30. The Morgan fingerprint density at radius 3 is 2.50 bits per heavy atom. The zero-order valence-corrected chi connectivity index (χ0v) is 10.8. The van der Waals surface area contributed by atoms with Crippen molar-refractivity contribution in [2.75, 3.05) is 13.2 Å². The summed E-state index contributed by atoms with van der Waals surface area (Å²) in [5.74, 6) is -0.972. The summed E-state index contributed by atoms with van der Waals surface area (Å²) in [6, 6.07) is 6.31. The van der Waals surface area contributed by atoms with E-state index < -0.39 is 25.2 Å². The van der Waals surface area contributed by atoms with Crippen LogP contribution < -0.4 is 11.1 Å². The van der Waals surface area contributed by atoms with Crippen LogP contribution in [0.5, 0.6) is 0 Å². The van der Waals surface area contributed by atoms with Crippen LogP contribution in [0.1, 0.15) is 5.56 Å². The van der Waals surface area contributed by atoms with E-state index in [1.165, 1.54) is 0 Å². The van der Waals surface area contributed by atoms with Crippen molar-refractivity contribution in [3.05, 3.63) is 34.9 Å². The van der Waals surface area contributed by atoms with E-state index in [2.05, 4.69) is 9.99 Å². The summed E-state index contributed by atoms with van der Waals surface area (Å²) in [6.45, 7) is -2.09. The molecule has 0 aliphatic rings. The SMILES string of the molecule is NC(=NOCC(=O)NCC(F)(F)F)c1ccc(Cl)cc1. The lowest BCUT2D eigenvalue weighted by Gasteiger charge is -2.07. The second-order valence-corrected chi connectivity index (χ2v) is 4.09. The van der Waals surface area contributed by atoms with Gasteiger partial charge in [0, 0.05) is 10.6 Å². The number of carbonyl (C=O) groups is 1. The Labute approximate surface area is 117 Å². The second-order valence-electron chi connectivity index (χ2n) is 3.65. The molecule has 0 aliphatic carbocycles. The molecular formula is C11H11ClF3N3O2. The molecule has 1 aromatic rings. The Bertz CT molecular complexity index is 489. The van der Waals surface area contributed by atoms with Crippen LogP contribution >= 0.6 is 11.6 Å². The molecule has 0 saturated carbocycles. The molecule has 0 aromatic heterocycles. The fraction of sp³-hybridized carbons (Fsp3) is 0.273. The molecule has 0 fully saturated rings. The van der Waals surface area contributed by atoms with Crippen molar-refractivity contribution in [2.24, 2.45) is 10.9 Å². The molecular weight excluding hydrogens is 299 g/mol. The zero-order chi connectivity index (χ0) is 15.2.